The molecule has 0 amide bonds. The van der Waals surface area contributed by atoms with Crippen molar-refractivity contribution in [2.24, 2.45) is 0 Å². The highest BCUT2D eigenvalue weighted by molar-refractivity contribution is 8.03. The summed E-state index contributed by atoms with van der Waals surface area (Å²) in [6.07, 6.45) is 0.333. The third-order valence-electron chi connectivity index (χ3n) is 0.519. The van der Waals surface area contributed by atoms with E-state index in [0.717, 1.165) is 24.6 Å². The molecule has 5 heteroatoms. The van der Waals surface area contributed by atoms with Gasteiger partial charge < -0.3 is 0 Å². The van der Waals surface area contributed by atoms with Crippen molar-refractivity contribution in [1.29, 1.82) is 0 Å². The summed E-state index contributed by atoms with van der Waals surface area (Å²) in [6.45, 7) is 7.74. The number of hydrogen-bond acceptors (Lipinski definition) is 5. The van der Waals surface area contributed by atoms with Crippen LogP contribution in [-0.4, -0.2) is 12.2 Å². The normalized spacial score (nSPS) is 11.5. The zero-order chi connectivity index (χ0) is 8.69. The minimum absolute atomic E-state index is 0.166. The van der Waals surface area contributed by atoms with Gasteiger partial charge >= 0.3 is 0 Å². The molecular formula is C6H14O3S2. The molecule has 0 N–H and O–H groups in total. The Labute approximate surface area is 77.0 Å². The van der Waals surface area contributed by atoms with E-state index in [0.29, 0.717) is 0 Å². The summed E-state index contributed by atoms with van der Waals surface area (Å²) in [7, 11) is 0. The molecule has 0 bridgehead atoms. The molecule has 68 valence electrons. The van der Waals surface area contributed by atoms with E-state index >= 15 is 0 Å². The van der Waals surface area contributed by atoms with Crippen LogP contribution in [0.2, 0.25) is 0 Å². The summed E-state index contributed by atoms with van der Waals surface area (Å²) < 4.78 is 14.9. The van der Waals surface area contributed by atoms with Crippen molar-refractivity contribution in [2.45, 2.75) is 39.9 Å². The second-order valence-electron chi connectivity index (χ2n) is 2.49. The third-order valence-corrected chi connectivity index (χ3v) is 1.89. The van der Waals surface area contributed by atoms with Crippen molar-refractivity contribution in [1.82, 2.24) is 0 Å². The first-order chi connectivity index (χ1) is 5.13. The van der Waals surface area contributed by atoms with E-state index in [1.54, 1.807) is 0 Å². The molecule has 0 rings (SSSR count). The monoisotopic (exact) mass is 198 g/mol. The molecule has 3 nitrogen and oxygen atoms in total. The molecule has 0 fully saturated rings. The maximum absolute atomic E-state index is 5.02. The summed E-state index contributed by atoms with van der Waals surface area (Å²) in [5, 5.41) is 0. The molecule has 0 aliphatic rings. The molecule has 0 unspecified atom stereocenters. The molecule has 0 radical (unpaired) electrons. The van der Waals surface area contributed by atoms with Gasteiger partial charge in [-0.1, -0.05) is 0 Å². The third kappa shape index (κ3) is 10.6. The van der Waals surface area contributed by atoms with Crippen LogP contribution >= 0.6 is 24.6 Å². The summed E-state index contributed by atoms with van der Waals surface area (Å²) in [6, 6.07) is 0. The molecule has 0 aliphatic carbocycles. The Morgan fingerprint density at radius 1 is 0.818 bits per heavy atom. The fraction of sp³-hybridized carbons (Fsp3) is 1.00. The lowest BCUT2D eigenvalue weighted by Crippen LogP contribution is -1.96. The fourth-order valence-corrected chi connectivity index (χ4v) is 0.862. The standard InChI is InChI=1S/C6H14O3S2/c1-5(2)7-10-9-11-8-6(3)4/h5-6H,1-4H3. The molecule has 0 saturated carbocycles. The molecular weight excluding hydrogens is 184 g/mol. The summed E-state index contributed by atoms with van der Waals surface area (Å²) >= 11 is 1.88. The van der Waals surface area contributed by atoms with E-state index in [2.05, 4.69) is 0 Å². The number of hydrogen-bond donors (Lipinski definition) is 0. The van der Waals surface area contributed by atoms with Crippen molar-refractivity contribution in [3.63, 3.8) is 0 Å². The summed E-state index contributed by atoms with van der Waals surface area (Å²) in [5.74, 6) is 0. The predicted octanol–water partition coefficient (Wildman–Crippen LogP) is 2.98. The van der Waals surface area contributed by atoms with Gasteiger partial charge in [-0.2, -0.15) is 3.63 Å². The van der Waals surface area contributed by atoms with E-state index in [4.69, 9.17) is 12.0 Å². The first-order valence-corrected chi connectivity index (χ1v) is 4.78. The van der Waals surface area contributed by atoms with Gasteiger partial charge in [0.25, 0.3) is 0 Å². The average molecular weight is 198 g/mol. The fourth-order valence-electron chi connectivity index (χ4n) is 0.201. The summed E-state index contributed by atoms with van der Waals surface area (Å²) in [5.41, 5.74) is 0. The van der Waals surface area contributed by atoms with Gasteiger partial charge in [0.1, 0.15) is 0 Å². The largest absolute Gasteiger partial charge is 0.288 e. The van der Waals surface area contributed by atoms with Crippen LogP contribution in [0.25, 0.3) is 0 Å². The molecule has 0 heterocycles. The Morgan fingerprint density at radius 2 is 1.18 bits per heavy atom. The predicted molar refractivity (Wildman–Crippen MR) is 48.7 cm³/mol. The highest BCUT2D eigenvalue weighted by atomic mass is 32.3. The van der Waals surface area contributed by atoms with Gasteiger partial charge in [0.15, 0.2) is 24.6 Å². The molecule has 0 atom stereocenters. The van der Waals surface area contributed by atoms with Gasteiger partial charge in [-0.25, -0.2) is 0 Å². The zero-order valence-corrected chi connectivity index (χ0v) is 8.83. The van der Waals surface area contributed by atoms with Crippen LogP contribution in [0, 0.1) is 0 Å². The van der Waals surface area contributed by atoms with Crippen molar-refractivity contribution < 1.29 is 12.0 Å². The van der Waals surface area contributed by atoms with E-state index < -0.39 is 0 Å². The number of rotatable bonds is 6. The van der Waals surface area contributed by atoms with Crippen molar-refractivity contribution in [2.75, 3.05) is 0 Å². The van der Waals surface area contributed by atoms with Crippen molar-refractivity contribution >= 4 is 24.6 Å². The summed E-state index contributed by atoms with van der Waals surface area (Å²) in [4.78, 5) is 0. The SMILES string of the molecule is CC(C)OSOSOC(C)C. The molecule has 0 aliphatic heterocycles. The second kappa shape index (κ2) is 7.24. The minimum Gasteiger partial charge on any atom is -0.288 e. The van der Waals surface area contributed by atoms with Crippen LogP contribution in [-0.2, 0) is 12.0 Å². The van der Waals surface area contributed by atoms with Gasteiger partial charge in [0.2, 0.25) is 0 Å². The Kier molecular flexibility index (Phi) is 7.62. The van der Waals surface area contributed by atoms with Crippen molar-refractivity contribution in [3.8, 4) is 0 Å². The van der Waals surface area contributed by atoms with Crippen LogP contribution in [0.4, 0.5) is 0 Å². The highest BCUT2D eigenvalue weighted by Crippen LogP contribution is 2.19. The van der Waals surface area contributed by atoms with Crippen molar-refractivity contribution in [3.05, 3.63) is 0 Å². The molecule has 0 aromatic rings. The first kappa shape index (κ1) is 11.6. The minimum atomic E-state index is 0.166. The van der Waals surface area contributed by atoms with Gasteiger partial charge in [0, 0.05) is 0 Å². The lowest BCUT2D eigenvalue weighted by molar-refractivity contribution is 0.255. The van der Waals surface area contributed by atoms with Gasteiger partial charge in [-0.3, -0.25) is 8.37 Å². The van der Waals surface area contributed by atoms with Crippen LogP contribution in [0.5, 0.6) is 0 Å². The van der Waals surface area contributed by atoms with E-state index in [9.17, 15) is 0 Å². The average Bonchev–Trinajstić information content (AvgIpc) is 1.85. The lowest BCUT2D eigenvalue weighted by atomic mass is 10.5. The maximum atomic E-state index is 5.02. The molecule has 0 aromatic heterocycles. The quantitative estimate of drug-likeness (QED) is 0.483. The van der Waals surface area contributed by atoms with Crippen LogP contribution < -0.4 is 0 Å². The van der Waals surface area contributed by atoms with Gasteiger partial charge in [-0.05, 0) is 27.7 Å². The zero-order valence-electron chi connectivity index (χ0n) is 7.20. The van der Waals surface area contributed by atoms with E-state index in [1.165, 1.54) is 0 Å². The molecule has 0 aromatic carbocycles. The lowest BCUT2D eigenvalue weighted by Gasteiger charge is -2.05. The Morgan fingerprint density at radius 3 is 1.45 bits per heavy atom. The Balaban J connectivity index is 2.91. The van der Waals surface area contributed by atoms with E-state index in [-0.39, 0.29) is 12.2 Å². The highest BCUT2D eigenvalue weighted by Gasteiger charge is 1.98. The van der Waals surface area contributed by atoms with Gasteiger partial charge in [-0.15, -0.1) is 0 Å². The Bertz CT molecular complexity index is 77.9. The van der Waals surface area contributed by atoms with Crippen LogP contribution in [0.15, 0.2) is 0 Å². The Hall–Kier alpha value is 0.580. The van der Waals surface area contributed by atoms with Gasteiger partial charge in [0.05, 0.1) is 12.2 Å². The molecule has 0 saturated heterocycles. The van der Waals surface area contributed by atoms with Crippen LogP contribution in [0.3, 0.4) is 0 Å². The molecule has 11 heavy (non-hydrogen) atoms. The topological polar surface area (TPSA) is 27.7 Å². The van der Waals surface area contributed by atoms with E-state index in [1.807, 2.05) is 27.7 Å². The van der Waals surface area contributed by atoms with Crippen LogP contribution in [0.1, 0.15) is 27.7 Å². The second-order valence-corrected chi connectivity index (χ2v) is 3.70. The first-order valence-electron chi connectivity index (χ1n) is 3.45. The maximum Gasteiger partial charge on any atom is 0.173 e. The molecule has 0 spiro atoms. The smallest absolute Gasteiger partial charge is 0.173 e.